The molecule has 1 aromatic heterocycles. The van der Waals surface area contributed by atoms with Gasteiger partial charge in [-0.25, -0.2) is 9.98 Å². The summed E-state index contributed by atoms with van der Waals surface area (Å²) in [5.41, 5.74) is 0.781. The highest BCUT2D eigenvalue weighted by Gasteiger charge is 2.18. The van der Waals surface area contributed by atoms with Crippen molar-refractivity contribution in [2.45, 2.75) is 11.9 Å². The van der Waals surface area contributed by atoms with Crippen LogP contribution < -0.4 is 0 Å². The van der Waals surface area contributed by atoms with Crippen molar-refractivity contribution in [2.24, 2.45) is 9.98 Å². The molecule has 1 aliphatic rings. The van der Waals surface area contributed by atoms with Crippen molar-refractivity contribution < 1.29 is 0 Å². The zero-order chi connectivity index (χ0) is 9.26. The number of hydrogen-bond acceptors (Lipinski definition) is 4. The van der Waals surface area contributed by atoms with Crippen LogP contribution in [0.3, 0.4) is 0 Å². The third-order valence-electron chi connectivity index (χ3n) is 1.74. The Balaban J connectivity index is 2.49. The molecule has 0 N–H and O–H groups in total. The largest absolute Gasteiger partial charge is 0.311 e. The summed E-state index contributed by atoms with van der Waals surface area (Å²) in [4.78, 5) is 12.1. The Morgan fingerprint density at radius 1 is 1.77 bits per heavy atom. The molecule has 0 saturated heterocycles. The maximum Gasteiger partial charge on any atom is 0.170 e. The molecule has 0 saturated carbocycles. The SMILES string of the molecule is C=CCn1cnc2c1N=C=NC2S. The van der Waals surface area contributed by atoms with Gasteiger partial charge in [0, 0.05) is 6.54 Å². The van der Waals surface area contributed by atoms with E-state index in [0.717, 1.165) is 11.5 Å². The van der Waals surface area contributed by atoms with Crippen LogP contribution in [0.15, 0.2) is 29.0 Å². The Morgan fingerprint density at radius 3 is 3.38 bits per heavy atom. The second-order valence-corrected chi connectivity index (χ2v) is 3.10. The van der Waals surface area contributed by atoms with Crippen molar-refractivity contribution >= 4 is 24.5 Å². The molecule has 0 spiro atoms. The number of aliphatic imine (C=N–C) groups is 2. The first-order valence-electron chi connectivity index (χ1n) is 3.82. The van der Waals surface area contributed by atoms with Gasteiger partial charge in [-0.05, 0) is 0 Å². The summed E-state index contributed by atoms with van der Waals surface area (Å²) >= 11 is 4.23. The minimum absolute atomic E-state index is 0.237. The number of aromatic nitrogens is 2. The second kappa shape index (κ2) is 3.20. The molecule has 13 heavy (non-hydrogen) atoms. The summed E-state index contributed by atoms with van der Waals surface area (Å²) in [6.07, 6.45) is 3.50. The number of imidazole rings is 1. The first-order valence-corrected chi connectivity index (χ1v) is 4.34. The molecule has 0 aromatic carbocycles. The van der Waals surface area contributed by atoms with Gasteiger partial charge < -0.3 is 4.57 Å². The summed E-state index contributed by atoms with van der Waals surface area (Å²) < 4.78 is 1.88. The summed E-state index contributed by atoms with van der Waals surface area (Å²) in [6.45, 7) is 4.34. The Morgan fingerprint density at radius 2 is 2.62 bits per heavy atom. The van der Waals surface area contributed by atoms with Crippen LogP contribution in [0.25, 0.3) is 0 Å². The van der Waals surface area contributed by atoms with Crippen LogP contribution in [0.1, 0.15) is 11.1 Å². The zero-order valence-corrected chi connectivity index (χ0v) is 7.78. The fraction of sp³-hybridized carbons (Fsp3) is 0.250. The van der Waals surface area contributed by atoms with Crippen LogP contribution in [0, 0.1) is 0 Å². The molecule has 0 bridgehead atoms. The molecule has 0 amide bonds. The lowest BCUT2D eigenvalue weighted by atomic mass is 10.4. The Kier molecular flexibility index (Phi) is 2.04. The van der Waals surface area contributed by atoms with Crippen molar-refractivity contribution in [1.82, 2.24) is 9.55 Å². The van der Waals surface area contributed by atoms with Crippen LogP contribution >= 0.6 is 12.6 Å². The van der Waals surface area contributed by atoms with Crippen molar-refractivity contribution in [2.75, 3.05) is 0 Å². The first kappa shape index (κ1) is 8.29. The van der Waals surface area contributed by atoms with Gasteiger partial charge >= 0.3 is 0 Å². The molecule has 0 aliphatic carbocycles. The minimum atomic E-state index is -0.237. The standard InChI is InChI=1S/C8H8N4S/c1-2-3-12-5-11-6-7(12)9-4-10-8(6)13/h2,5,8,13H,1,3H2. The highest BCUT2D eigenvalue weighted by Crippen LogP contribution is 2.31. The average molecular weight is 192 g/mol. The quantitative estimate of drug-likeness (QED) is 0.563. The molecule has 1 atom stereocenters. The van der Waals surface area contributed by atoms with Crippen LogP contribution in [-0.4, -0.2) is 15.6 Å². The number of allylic oxidation sites excluding steroid dienone is 1. The predicted octanol–water partition coefficient (Wildman–Crippen LogP) is 1.82. The predicted molar refractivity (Wildman–Crippen MR) is 53.7 cm³/mol. The monoisotopic (exact) mass is 192 g/mol. The van der Waals surface area contributed by atoms with E-state index in [4.69, 9.17) is 0 Å². The van der Waals surface area contributed by atoms with Crippen molar-refractivity contribution in [3.63, 3.8) is 0 Å². The van der Waals surface area contributed by atoms with Crippen LogP contribution in [-0.2, 0) is 6.54 Å². The molecular weight excluding hydrogens is 184 g/mol. The third-order valence-corrected chi connectivity index (χ3v) is 2.10. The maximum absolute atomic E-state index is 4.23. The first-order chi connectivity index (χ1) is 6.33. The van der Waals surface area contributed by atoms with Crippen molar-refractivity contribution in [1.29, 1.82) is 0 Å². The van der Waals surface area contributed by atoms with E-state index < -0.39 is 0 Å². The number of hydrogen-bond donors (Lipinski definition) is 1. The highest BCUT2D eigenvalue weighted by atomic mass is 32.1. The van der Waals surface area contributed by atoms with E-state index in [1.807, 2.05) is 4.57 Å². The molecule has 0 radical (unpaired) electrons. The van der Waals surface area contributed by atoms with Gasteiger partial charge in [-0.3, -0.25) is 0 Å². The fourth-order valence-corrected chi connectivity index (χ4v) is 1.39. The molecule has 1 aliphatic heterocycles. The van der Waals surface area contributed by atoms with E-state index in [1.165, 1.54) is 0 Å². The van der Waals surface area contributed by atoms with Crippen molar-refractivity contribution in [3.05, 3.63) is 24.7 Å². The molecular formula is C8H8N4S. The van der Waals surface area contributed by atoms with E-state index >= 15 is 0 Å². The van der Waals surface area contributed by atoms with E-state index in [9.17, 15) is 0 Å². The lowest BCUT2D eigenvalue weighted by molar-refractivity contribution is 0.820. The van der Waals surface area contributed by atoms with Crippen LogP contribution in [0.5, 0.6) is 0 Å². The van der Waals surface area contributed by atoms with Gasteiger partial charge in [0.1, 0.15) is 11.1 Å². The molecule has 2 rings (SSSR count). The van der Waals surface area contributed by atoms with Gasteiger partial charge in [-0.2, -0.15) is 4.99 Å². The smallest absolute Gasteiger partial charge is 0.170 e. The van der Waals surface area contributed by atoms with Gasteiger partial charge in [0.15, 0.2) is 5.82 Å². The average Bonchev–Trinajstić information content (AvgIpc) is 2.51. The molecule has 2 heterocycles. The molecule has 66 valence electrons. The second-order valence-electron chi connectivity index (χ2n) is 2.61. The summed E-state index contributed by atoms with van der Waals surface area (Å²) in [5.74, 6) is 0.773. The number of thiol groups is 1. The van der Waals surface area contributed by atoms with Crippen molar-refractivity contribution in [3.8, 4) is 0 Å². The summed E-state index contributed by atoms with van der Waals surface area (Å²) in [5, 5.41) is -0.237. The molecule has 1 aromatic rings. The van der Waals surface area contributed by atoms with Gasteiger partial charge in [-0.1, -0.05) is 6.08 Å². The van der Waals surface area contributed by atoms with Crippen LogP contribution in [0.2, 0.25) is 0 Å². The molecule has 4 nitrogen and oxygen atoms in total. The van der Waals surface area contributed by atoms with E-state index in [-0.39, 0.29) is 5.37 Å². The van der Waals surface area contributed by atoms with Gasteiger partial charge in [0.25, 0.3) is 0 Å². The topological polar surface area (TPSA) is 42.5 Å². The Labute approximate surface area is 81.1 Å². The molecule has 0 fully saturated rings. The van der Waals surface area contributed by atoms with Gasteiger partial charge in [-0.15, -0.1) is 19.2 Å². The van der Waals surface area contributed by atoms with E-state index in [0.29, 0.717) is 6.54 Å². The minimum Gasteiger partial charge on any atom is -0.311 e. The maximum atomic E-state index is 4.23. The lowest BCUT2D eigenvalue weighted by Crippen LogP contribution is -1.95. The van der Waals surface area contributed by atoms with Crippen LogP contribution in [0.4, 0.5) is 5.82 Å². The zero-order valence-electron chi connectivity index (χ0n) is 6.88. The fourth-order valence-electron chi connectivity index (χ4n) is 1.16. The van der Waals surface area contributed by atoms with E-state index in [2.05, 4.69) is 40.2 Å². The summed E-state index contributed by atoms with van der Waals surface area (Å²) in [6, 6.07) is 2.55. The Hall–Kier alpha value is -1.32. The summed E-state index contributed by atoms with van der Waals surface area (Å²) in [7, 11) is 0. The van der Waals surface area contributed by atoms with Gasteiger partial charge in [0.2, 0.25) is 0 Å². The molecule has 1 unspecified atom stereocenters. The number of nitrogens with zero attached hydrogens (tertiary/aromatic N) is 4. The molecule has 5 heteroatoms. The van der Waals surface area contributed by atoms with Gasteiger partial charge in [0.05, 0.1) is 12.3 Å². The number of rotatable bonds is 2. The lowest BCUT2D eigenvalue weighted by Gasteiger charge is -2.06. The van der Waals surface area contributed by atoms with E-state index in [1.54, 1.807) is 12.4 Å². The highest BCUT2D eigenvalue weighted by molar-refractivity contribution is 7.80. The Bertz CT molecular complexity index is 400. The third kappa shape index (κ3) is 1.32. The normalized spacial score (nSPS) is 18.7. The number of fused-ring (bicyclic) bond motifs is 1.